The zero-order valence-corrected chi connectivity index (χ0v) is 18.1. The Morgan fingerprint density at radius 3 is 2.77 bits per heavy atom. The molecule has 1 heterocycles. The number of aromatic nitrogens is 2. The minimum Gasteiger partial charge on any atom is -0.444 e. The number of ether oxygens (including phenoxy) is 1. The second kappa shape index (κ2) is 8.33. The fourth-order valence-electron chi connectivity index (χ4n) is 3.79. The van der Waals surface area contributed by atoms with Crippen molar-refractivity contribution in [1.82, 2.24) is 9.78 Å². The molecule has 2 aromatic rings. The molecule has 9 nitrogen and oxygen atoms in total. The van der Waals surface area contributed by atoms with E-state index in [9.17, 15) is 14.9 Å². The van der Waals surface area contributed by atoms with Crippen molar-refractivity contribution in [3.8, 4) is 0 Å². The number of rotatable bonds is 5. The van der Waals surface area contributed by atoms with E-state index in [1.165, 1.54) is 0 Å². The van der Waals surface area contributed by atoms with E-state index in [-0.39, 0.29) is 16.7 Å². The Balaban J connectivity index is 1.83. The summed E-state index contributed by atoms with van der Waals surface area (Å²) in [4.78, 5) is 23.3. The van der Waals surface area contributed by atoms with Crippen LogP contribution in [0.5, 0.6) is 0 Å². The molecule has 0 aliphatic heterocycles. The van der Waals surface area contributed by atoms with Gasteiger partial charge in [-0.25, -0.2) is 9.48 Å². The second-order valence-electron chi connectivity index (χ2n) is 8.51. The molecule has 1 aliphatic rings. The van der Waals surface area contributed by atoms with Crippen LogP contribution >= 0.6 is 0 Å². The molecule has 3 rings (SSSR count). The van der Waals surface area contributed by atoms with Gasteiger partial charge in [-0.3, -0.25) is 15.4 Å². The number of aryl methyl sites for hydroxylation is 3. The molecule has 30 heavy (non-hydrogen) atoms. The van der Waals surface area contributed by atoms with Gasteiger partial charge in [0.1, 0.15) is 11.3 Å². The minimum atomic E-state index is -0.567. The summed E-state index contributed by atoms with van der Waals surface area (Å²) in [7, 11) is 1.71. The summed E-state index contributed by atoms with van der Waals surface area (Å²) < 4.78 is 6.86. The molecule has 0 saturated carbocycles. The SMILES string of the molecule is CCc1nn(C)c(NC2CCCc3cc(NC(=O)OC(C)(C)C)ccc32)c1[N+](=O)[O-]. The summed E-state index contributed by atoms with van der Waals surface area (Å²) in [5, 5.41) is 22.0. The first-order valence-corrected chi connectivity index (χ1v) is 10.2. The highest BCUT2D eigenvalue weighted by molar-refractivity contribution is 5.85. The predicted molar refractivity (Wildman–Crippen MR) is 115 cm³/mol. The number of nitrogens with one attached hydrogen (secondary N) is 2. The molecule has 0 radical (unpaired) electrons. The lowest BCUT2D eigenvalue weighted by Crippen LogP contribution is -2.27. The highest BCUT2D eigenvalue weighted by Crippen LogP contribution is 2.37. The minimum absolute atomic E-state index is 0.0373. The summed E-state index contributed by atoms with van der Waals surface area (Å²) in [6.07, 6.45) is 2.67. The lowest BCUT2D eigenvalue weighted by Gasteiger charge is -2.27. The van der Waals surface area contributed by atoms with Gasteiger partial charge >= 0.3 is 11.8 Å². The average Bonchev–Trinajstić information content (AvgIpc) is 2.96. The molecule has 1 aromatic carbocycles. The fraction of sp³-hybridized carbons (Fsp3) is 0.524. The van der Waals surface area contributed by atoms with Crippen LogP contribution in [0.15, 0.2) is 18.2 Å². The number of fused-ring (bicyclic) bond motifs is 1. The largest absolute Gasteiger partial charge is 0.444 e. The number of hydrogen-bond donors (Lipinski definition) is 2. The summed E-state index contributed by atoms with van der Waals surface area (Å²) in [6.45, 7) is 7.31. The predicted octanol–water partition coefficient (Wildman–Crippen LogP) is 4.73. The number of nitrogens with zero attached hydrogens (tertiary/aromatic N) is 3. The van der Waals surface area contributed by atoms with Gasteiger partial charge in [0, 0.05) is 12.7 Å². The average molecular weight is 415 g/mol. The van der Waals surface area contributed by atoms with Gasteiger partial charge in [-0.2, -0.15) is 5.10 Å². The van der Waals surface area contributed by atoms with Gasteiger partial charge in [0.15, 0.2) is 0 Å². The van der Waals surface area contributed by atoms with E-state index in [1.807, 2.05) is 45.9 Å². The molecule has 0 fully saturated rings. The van der Waals surface area contributed by atoms with Crippen LogP contribution in [0.3, 0.4) is 0 Å². The molecule has 1 atom stereocenters. The van der Waals surface area contributed by atoms with Gasteiger partial charge in [0.25, 0.3) is 0 Å². The van der Waals surface area contributed by atoms with Crippen LogP contribution in [-0.4, -0.2) is 26.4 Å². The maximum Gasteiger partial charge on any atom is 0.412 e. The maximum atomic E-state index is 12.1. The Kier molecular flexibility index (Phi) is 6.00. The van der Waals surface area contributed by atoms with Crippen molar-refractivity contribution in [2.45, 2.75) is 65.0 Å². The van der Waals surface area contributed by atoms with Crippen molar-refractivity contribution >= 4 is 23.3 Å². The molecule has 1 amide bonds. The number of amides is 1. The maximum absolute atomic E-state index is 12.1. The quantitative estimate of drug-likeness (QED) is 0.539. The molecule has 1 aromatic heterocycles. The first-order valence-electron chi connectivity index (χ1n) is 10.2. The number of nitro groups is 1. The van der Waals surface area contributed by atoms with Crippen molar-refractivity contribution in [3.05, 3.63) is 45.1 Å². The van der Waals surface area contributed by atoms with Crippen molar-refractivity contribution in [2.75, 3.05) is 10.6 Å². The molecule has 2 N–H and O–H groups in total. The van der Waals surface area contributed by atoms with Crippen molar-refractivity contribution < 1.29 is 14.5 Å². The van der Waals surface area contributed by atoms with Crippen LogP contribution in [-0.2, 0) is 24.6 Å². The normalized spacial score (nSPS) is 16.0. The van der Waals surface area contributed by atoms with Crippen LogP contribution in [0, 0.1) is 10.1 Å². The van der Waals surface area contributed by atoms with E-state index >= 15 is 0 Å². The Morgan fingerprint density at radius 1 is 1.40 bits per heavy atom. The summed E-state index contributed by atoms with van der Waals surface area (Å²) in [6, 6.07) is 5.67. The highest BCUT2D eigenvalue weighted by Gasteiger charge is 2.29. The lowest BCUT2D eigenvalue weighted by molar-refractivity contribution is -0.384. The van der Waals surface area contributed by atoms with Gasteiger partial charge in [-0.15, -0.1) is 0 Å². The van der Waals surface area contributed by atoms with Crippen molar-refractivity contribution in [2.24, 2.45) is 7.05 Å². The second-order valence-corrected chi connectivity index (χ2v) is 8.51. The van der Waals surface area contributed by atoms with Crippen LogP contribution in [0.25, 0.3) is 0 Å². The topological polar surface area (TPSA) is 111 Å². The number of hydrogen-bond acceptors (Lipinski definition) is 6. The molecular weight excluding hydrogens is 386 g/mol. The molecule has 162 valence electrons. The first-order chi connectivity index (χ1) is 14.1. The van der Waals surface area contributed by atoms with Crippen LogP contribution in [0.1, 0.15) is 63.4 Å². The standard InChI is InChI=1S/C21H29N5O4/c1-6-16-18(26(28)29)19(25(5)24-16)23-17-9-7-8-13-12-14(10-11-15(13)17)22-20(27)30-21(2,3)4/h10-12,17,23H,6-9H2,1-5H3,(H,22,27). The Hall–Kier alpha value is -3.10. The number of anilines is 2. The smallest absolute Gasteiger partial charge is 0.412 e. The van der Waals surface area contributed by atoms with E-state index in [2.05, 4.69) is 15.7 Å². The molecular formula is C21H29N5O4. The fourth-order valence-corrected chi connectivity index (χ4v) is 3.79. The van der Waals surface area contributed by atoms with Crippen LogP contribution in [0.4, 0.5) is 22.0 Å². The van der Waals surface area contributed by atoms with Crippen molar-refractivity contribution in [3.63, 3.8) is 0 Å². The number of carbonyl (C=O) groups excluding carboxylic acids is 1. The third kappa shape index (κ3) is 4.72. The first kappa shape index (κ1) is 21.6. The molecule has 0 saturated heterocycles. The van der Waals surface area contributed by atoms with Gasteiger partial charge in [0.05, 0.1) is 11.0 Å². The van der Waals surface area contributed by atoms with Gasteiger partial charge in [-0.1, -0.05) is 13.0 Å². The third-order valence-electron chi connectivity index (χ3n) is 5.02. The highest BCUT2D eigenvalue weighted by atomic mass is 16.6. The molecule has 1 aliphatic carbocycles. The zero-order valence-electron chi connectivity index (χ0n) is 18.1. The van der Waals surface area contributed by atoms with Crippen LogP contribution in [0.2, 0.25) is 0 Å². The van der Waals surface area contributed by atoms with E-state index in [4.69, 9.17) is 4.74 Å². The summed E-state index contributed by atoms with van der Waals surface area (Å²) >= 11 is 0. The summed E-state index contributed by atoms with van der Waals surface area (Å²) in [5.74, 6) is 0.422. The van der Waals surface area contributed by atoms with Gasteiger partial charge in [0.2, 0.25) is 5.82 Å². The monoisotopic (exact) mass is 415 g/mol. The van der Waals surface area contributed by atoms with Gasteiger partial charge in [-0.05, 0) is 69.7 Å². The summed E-state index contributed by atoms with van der Waals surface area (Å²) in [5.41, 5.74) is 2.79. The zero-order chi connectivity index (χ0) is 22.1. The molecule has 1 unspecified atom stereocenters. The number of benzene rings is 1. The third-order valence-corrected chi connectivity index (χ3v) is 5.02. The number of carbonyl (C=O) groups is 1. The molecule has 0 bridgehead atoms. The van der Waals surface area contributed by atoms with E-state index in [1.54, 1.807) is 11.7 Å². The van der Waals surface area contributed by atoms with Crippen molar-refractivity contribution in [1.29, 1.82) is 0 Å². The Labute approximate surface area is 175 Å². The van der Waals surface area contributed by atoms with E-state index in [0.717, 1.165) is 30.4 Å². The Bertz CT molecular complexity index is 961. The lowest BCUT2D eigenvalue weighted by atomic mass is 9.87. The molecule has 9 heteroatoms. The Morgan fingerprint density at radius 2 is 2.13 bits per heavy atom. The van der Waals surface area contributed by atoms with Gasteiger partial charge < -0.3 is 10.1 Å². The van der Waals surface area contributed by atoms with Crippen LogP contribution < -0.4 is 10.6 Å². The van der Waals surface area contributed by atoms with E-state index < -0.39 is 11.7 Å². The van der Waals surface area contributed by atoms with E-state index in [0.29, 0.717) is 23.6 Å². The molecule has 0 spiro atoms.